The van der Waals surface area contributed by atoms with Crippen LogP contribution in [0.3, 0.4) is 0 Å². The summed E-state index contributed by atoms with van der Waals surface area (Å²) in [6.07, 6.45) is 7.01. The van der Waals surface area contributed by atoms with Crippen molar-refractivity contribution < 1.29 is 9.59 Å². The highest BCUT2D eigenvalue weighted by Crippen LogP contribution is 2.27. The van der Waals surface area contributed by atoms with Crippen molar-refractivity contribution in [2.75, 3.05) is 11.4 Å². The van der Waals surface area contributed by atoms with Crippen LogP contribution in [0.4, 0.5) is 5.69 Å². The van der Waals surface area contributed by atoms with Gasteiger partial charge in [0, 0.05) is 31.7 Å². The number of aromatic nitrogens is 2. The molecule has 2 amide bonds. The van der Waals surface area contributed by atoms with Crippen molar-refractivity contribution in [2.45, 2.75) is 45.6 Å². The first kappa shape index (κ1) is 21.7. The minimum atomic E-state index is -0.216. The summed E-state index contributed by atoms with van der Waals surface area (Å²) in [5, 5.41) is 2.90. The van der Waals surface area contributed by atoms with Gasteiger partial charge in [-0.1, -0.05) is 44.2 Å². The predicted octanol–water partition coefficient (Wildman–Crippen LogP) is 4.05. The SMILES string of the molecule is CC(C)c1ccc(CC(=O)N2CCCc3ncc(C(=O)NCc4cccnc4)cc32)cc1. The van der Waals surface area contributed by atoms with Crippen molar-refractivity contribution in [3.63, 3.8) is 0 Å². The third kappa shape index (κ3) is 5.02. The summed E-state index contributed by atoms with van der Waals surface area (Å²) in [6.45, 7) is 5.34. The average Bonchev–Trinajstić information content (AvgIpc) is 2.82. The third-order valence-corrected chi connectivity index (χ3v) is 5.77. The zero-order valence-corrected chi connectivity index (χ0v) is 18.5. The molecule has 32 heavy (non-hydrogen) atoms. The Balaban J connectivity index is 1.48. The van der Waals surface area contributed by atoms with Gasteiger partial charge in [-0.2, -0.15) is 0 Å². The molecule has 0 fully saturated rings. The molecule has 0 unspecified atom stereocenters. The number of benzene rings is 1. The summed E-state index contributed by atoms with van der Waals surface area (Å²) >= 11 is 0. The molecule has 1 aromatic carbocycles. The van der Waals surface area contributed by atoms with Crippen LogP contribution in [0, 0.1) is 0 Å². The number of carbonyl (C=O) groups excluding carboxylic acids is 2. The van der Waals surface area contributed by atoms with Gasteiger partial charge in [0.2, 0.25) is 5.91 Å². The van der Waals surface area contributed by atoms with E-state index >= 15 is 0 Å². The van der Waals surface area contributed by atoms with Crippen molar-refractivity contribution in [1.29, 1.82) is 0 Å². The molecular weight excluding hydrogens is 400 g/mol. The van der Waals surface area contributed by atoms with E-state index in [4.69, 9.17) is 0 Å². The standard InChI is InChI=1S/C26H28N4O2/c1-18(2)21-9-7-19(8-10-21)13-25(31)30-12-4-6-23-24(30)14-22(17-28-23)26(32)29-16-20-5-3-11-27-15-20/h3,5,7-11,14-15,17-18H,4,6,12-13,16H2,1-2H3,(H,29,32). The second-order valence-corrected chi connectivity index (χ2v) is 8.46. The van der Waals surface area contributed by atoms with E-state index in [9.17, 15) is 9.59 Å². The molecule has 164 valence electrons. The number of nitrogens with one attached hydrogen (secondary N) is 1. The van der Waals surface area contributed by atoms with Crippen LogP contribution in [0.2, 0.25) is 0 Å². The lowest BCUT2D eigenvalue weighted by molar-refractivity contribution is -0.118. The molecule has 0 aliphatic carbocycles. The molecule has 6 heteroatoms. The zero-order valence-electron chi connectivity index (χ0n) is 18.5. The fourth-order valence-corrected chi connectivity index (χ4v) is 3.89. The Morgan fingerprint density at radius 1 is 1.09 bits per heavy atom. The number of pyridine rings is 2. The van der Waals surface area contributed by atoms with Crippen LogP contribution in [0.1, 0.15) is 58.9 Å². The molecule has 6 nitrogen and oxygen atoms in total. The molecule has 1 aliphatic rings. The molecule has 0 spiro atoms. The topological polar surface area (TPSA) is 75.2 Å². The quantitative estimate of drug-likeness (QED) is 0.643. The van der Waals surface area contributed by atoms with E-state index < -0.39 is 0 Å². The molecule has 0 atom stereocenters. The van der Waals surface area contributed by atoms with Crippen LogP contribution in [0.15, 0.2) is 61.1 Å². The summed E-state index contributed by atoms with van der Waals surface area (Å²) in [5.41, 5.74) is 5.24. The minimum Gasteiger partial charge on any atom is -0.348 e. The molecule has 0 radical (unpaired) electrons. The number of aryl methyl sites for hydroxylation is 1. The zero-order chi connectivity index (χ0) is 22.5. The molecule has 2 aromatic heterocycles. The average molecular weight is 429 g/mol. The van der Waals surface area contributed by atoms with E-state index in [0.29, 0.717) is 31.0 Å². The number of hydrogen-bond acceptors (Lipinski definition) is 4. The van der Waals surface area contributed by atoms with Crippen molar-refractivity contribution in [3.05, 3.63) is 89.0 Å². The van der Waals surface area contributed by atoms with Gasteiger partial charge < -0.3 is 10.2 Å². The van der Waals surface area contributed by atoms with Gasteiger partial charge in [0.25, 0.3) is 5.91 Å². The second-order valence-electron chi connectivity index (χ2n) is 8.46. The summed E-state index contributed by atoms with van der Waals surface area (Å²) in [7, 11) is 0. The van der Waals surface area contributed by atoms with E-state index in [1.165, 1.54) is 5.56 Å². The maximum absolute atomic E-state index is 13.1. The fraction of sp³-hybridized carbons (Fsp3) is 0.308. The molecule has 0 saturated heterocycles. The molecule has 4 rings (SSSR count). The van der Waals surface area contributed by atoms with Gasteiger partial charge in [-0.05, 0) is 47.6 Å². The van der Waals surface area contributed by atoms with Crippen LogP contribution in [0.25, 0.3) is 0 Å². The number of nitrogens with zero attached hydrogens (tertiary/aromatic N) is 3. The summed E-state index contributed by atoms with van der Waals surface area (Å²) in [4.78, 5) is 36.2. The van der Waals surface area contributed by atoms with Crippen LogP contribution in [-0.4, -0.2) is 28.3 Å². The molecule has 1 aliphatic heterocycles. The van der Waals surface area contributed by atoms with Crippen molar-refractivity contribution in [1.82, 2.24) is 15.3 Å². The molecule has 3 heterocycles. The molecule has 0 bridgehead atoms. The first-order chi connectivity index (χ1) is 15.5. The molecule has 0 saturated carbocycles. The normalized spacial score (nSPS) is 13.0. The lowest BCUT2D eigenvalue weighted by Crippen LogP contribution is -2.37. The van der Waals surface area contributed by atoms with E-state index in [2.05, 4.69) is 41.3 Å². The van der Waals surface area contributed by atoms with Crippen LogP contribution >= 0.6 is 0 Å². The van der Waals surface area contributed by atoms with E-state index in [1.54, 1.807) is 29.6 Å². The largest absolute Gasteiger partial charge is 0.348 e. The highest BCUT2D eigenvalue weighted by Gasteiger charge is 2.25. The molecular formula is C26H28N4O2. The number of amides is 2. The van der Waals surface area contributed by atoms with Gasteiger partial charge in [-0.25, -0.2) is 0 Å². The smallest absolute Gasteiger partial charge is 0.253 e. The van der Waals surface area contributed by atoms with E-state index in [0.717, 1.165) is 35.3 Å². The van der Waals surface area contributed by atoms with Crippen LogP contribution in [0.5, 0.6) is 0 Å². The number of fused-ring (bicyclic) bond motifs is 1. The predicted molar refractivity (Wildman–Crippen MR) is 125 cm³/mol. The summed E-state index contributed by atoms with van der Waals surface area (Å²) in [6, 6.07) is 13.8. The number of hydrogen-bond donors (Lipinski definition) is 1. The number of carbonyl (C=O) groups is 2. The lowest BCUT2D eigenvalue weighted by Gasteiger charge is -2.29. The maximum Gasteiger partial charge on any atom is 0.253 e. The number of rotatable bonds is 6. The highest BCUT2D eigenvalue weighted by molar-refractivity contribution is 5.99. The number of anilines is 1. The van der Waals surface area contributed by atoms with Crippen molar-refractivity contribution in [2.24, 2.45) is 0 Å². The third-order valence-electron chi connectivity index (χ3n) is 5.77. The first-order valence-electron chi connectivity index (χ1n) is 11.1. The Kier molecular flexibility index (Phi) is 6.59. The molecule has 3 aromatic rings. The van der Waals surface area contributed by atoms with E-state index in [1.807, 2.05) is 24.3 Å². The van der Waals surface area contributed by atoms with Crippen molar-refractivity contribution in [3.8, 4) is 0 Å². The Morgan fingerprint density at radius 2 is 1.91 bits per heavy atom. The van der Waals surface area contributed by atoms with Gasteiger partial charge in [0.05, 0.1) is 23.4 Å². The summed E-state index contributed by atoms with van der Waals surface area (Å²) in [5.74, 6) is 0.270. The first-order valence-corrected chi connectivity index (χ1v) is 11.1. The van der Waals surface area contributed by atoms with Gasteiger partial charge in [-0.3, -0.25) is 19.6 Å². The van der Waals surface area contributed by atoms with Gasteiger partial charge in [0.1, 0.15) is 0 Å². The fourth-order valence-electron chi connectivity index (χ4n) is 3.89. The summed E-state index contributed by atoms with van der Waals surface area (Å²) < 4.78 is 0. The Labute approximate surface area is 188 Å². The second kappa shape index (κ2) is 9.73. The Bertz CT molecular complexity index is 1090. The Hall–Kier alpha value is -3.54. The minimum absolute atomic E-state index is 0.0259. The maximum atomic E-state index is 13.1. The van der Waals surface area contributed by atoms with Gasteiger partial charge in [-0.15, -0.1) is 0 Å². The van der Waals surface area contributed by atoms with E-state index in [-0.39, 0.29) is 11.8 Å². The van der Waals surface area contributed by atoms with Gasteiger partial charge in [0.15, 0.2) is 0 Å². The Morgan fingerprint density at radius 3 is 2.62 bits per heavy atom. The van der Waals surface area contributed by atoms with Gasteiger partial charge >= 0.3 is 0 Å². The highest BCUT2D eigenvalue weighted by atomic mass is 16.2. The lowest BCUT2D eigenvalue weighted by atomic mass is 10.00. The van der Waals surface area contributed by atoms with Crippen LogP contribution in [-0.2, 0) is 24.2 Å². The van der Waals surface area contributed by atoms with Crippen LogP contribution < -0.4 is 10.2 Å². The monoisotopic (exact) mass is 428 g/mol. The van der Waals surface area contributed by atoms with Crippen molar-refractivity contribution >= 4 is 17.5 Å². The molecule has 1 N–H and O–H groups in total.